The summed E-state index contributed by atoms with van der Waals surface area (Å²) in [6, 6.07) is 31.7. The molecule has 4 bridgehead atoms. The Morgan fingerprint density at radius 2 is 0.935 bits per heavy atom. The number of aliphatic hydroxyl groups is 2. The fraction of sp³-hybridized carbons (Fsp3) is 0.517. The van der Waals surface area contributed by atoms with E-state index in [1.165, 1.54) is 80.6 Å². The largest absolute Gasteiger partial charge is 0.393 e. The van der Waals surface area contributed by atoms with Crippen molar-refractivity contribution in [1.29, 1.82) is 0 Å². The topological polar surface area (TPSA) is 58.9 Å². The van der Waals surface area contributed by atoms with E-state index in [0.717, 1.165) is 77.0 Å². The number of benzene rings is 4. The molecule has 62 heavy (non-hydrogen) atoms. The van der Waals surface area contributed by atoms with Gasteiger partial charge < -0.3 is 19.7 Å². The summed E-state index contributed by atoms with van der Waals surface area (Å²) in [7, 11) is 0. The van der Waals surface area contributed by atoms with E-state index in [1.54, 1.807) is 0 Å². The molecule has 2 saturated heterocycles. The summed E-state index contributed by atoms with van der Waals surface area (Å²) >= 11 is 0. The molecule has 10 aliphatic rings. The van der Waals surface area contributed by atoms with Gasteiger partial charge in [0.15, 0.2) is 0 Å². The predicted octanol–water partition coefficient (Wildman–Crippen LogP) is 12.9. The summed E-state index contributed by atoms with van der Waals surface area (Å²) in [6.45, 7) is 5.08. The van der Waals surface area contributed by atoms with Gasteiger partial charge in [-0.15, -0.1) is 0 Å². The molecule has 0 radical (unpaired) electrons. The van der Waals surface area contributed by atoms with Gasteiger partial charge in [0.05, 0.1) is 34.6 Å². The Balaban J connectivity index is 0.000000126. The van der Waals surface area contributed by atoms with Crippen LogP contribution in [0.5, 0.6) is 0 Å². The highest BCUT2D eigenvalue weighted by Gasteiger charge is 2.68. The average Bonchev–Trinajstić information content (AvgIpc) is 4.01. The van der Waals surface area contributed by atoms with Crippen LogP contribution in [0.3, 0.4) is 0 Å². The highest BCUT2D eigenvalue weighted by molar-refractivity contribution is 5.84. The van der Waals surface area contributed by atoms with Crippen LogP contribution in [-0.4, -0.2) is 44.8 Å². The number of hydrogen-bond donors (Lipinski definition) is 2. The second kappa shape index (κ2) is 13.4. The van der Waals surface area contributed by atoms with Gasteiger partial charge in [0.2, 0.25) is 0 Å². The zero-order chi connectivity index (χ0) is 41.7. The molecule has 6 fully saturated rings. The lowest BCUT2D eigenvalue weighted by atomic mass is 9.58. The molecule has 4 aromatic rings. The Kier molecular flexibility index (Phi) is 8.34. The summed E-state index contributed by atoms with van der Waals surface area (Å²) in [5.74, 6) is 2.29. The van der Waals surface area contributed by atoms with Gasteiger partial charge in [0, 0.05) is 12.8 Å². The molecule has 4 aliphatic heterocycles. The Morgan fingerprint density at radius 3 is 1.39 bits per heavy atom. The van der Waals surface area contributed by atoms with Crippen LogP contribution in [0.4, 0.5) is 0 Å². The zero-order valence-corrected chi connectivity index (χ0v) is 36.9. The molecule has 6 aliphatic carbocycles. The van der Waals surface area contributed by atoms with Crippen LogP contribution in [0.25, 0.3) is 21.5 Å². The van der Waals surface area contributed by atoms with Gasteiger partial charge in [-0.1, -0.05) is 123 Å². The molecule has 4 aromatic carbocycles. The van der Waals surface area contributed by atoms with Gasteiger partial charge in [-0.05, 0) is 179 Å². The van der Waals surface area contributed by atoms with E-state index in [2.05, 4.69) is 123 Å². The van der Waals surface area contributed by atoms with E-state index in [0.29, 0.717) is 23.7 Å². The van der Waals surface area contributed by atoms with Crippen molar-refractivity contribution in [3.63, 3.8) is 0 Å². The van der Waals surface area contributed by atoms with Gasteiger partial charge in [-0.2, -0.15) is 0 Å². The Labute approximate surface area is 368 Å². The zero-order valence-electron chi connectivity index (χ0n) is 36.9. The number of fused-ring (bicyclic) bond motifs is 4. The molecule has 4 saturated carbocycles. The predicted molar refractivity (Wildman–Crippen MR) is 248 cm³/mol. The molecule has 0 aromatic heterocycles. The van der Waals surface area contributed by atoms with E-state index >= 15 is 0 Å². The Morgan fingerprint density at radius 1 is 0.500 bits per heavy atom. The van der Waals surface area contributed by atoms with Crippen molar-refractivity contribution in [2.45, 2.75) is 163 Å². The third kappa shape index (κ3) is 5.27. The molecule has 12 atom stereocenters. The molecule has 320 valence electrons. The fourth-order valence-electron chi connectivity index (χ4n) is 16.7. The quantitative estimate of drug-likeness (QED) is 0.211. The van der Waals surface area contributed by atoms with Gasteiger partial charge in [0.25, 0.3) is 0 Å². The first-order chi connectivity index (χ1) is 30.0. The lowest BCUT2D eigenvalue weighted by Gasteiger charge is -2.54. The van der Waals surface area contributed by atoms with E-state index < -0.39 is 0 Å². The summed E-state index contributed by atoms with van der Waals surface area (Å²) < 4.78 is 14.4. The van der Waals surface area contributed by atoms with Crippen molar-refractivity contribution >= 4 is 21.5 Å². The van der Waals surface area contributed by atoms with Crippen LogP contribution in [0.2, 0.25) is 0 Å². The standard InChI is InChI=1S/2C29H32O2/c2*1-27-13-12-23-17-22-8-9-24(30)18-28(22)14-15-29(23,31-28)26(27)11-10-25(27)21-7-6-19-4-2-3-5-20(19)16-21/h2*2-7,12,16-17,24-26,30H,8-11,13-15,18H2,1H3/t24-,25+,26+,27+,28?,29+;24-,25-,26-,27-,28?,29-/m01/s1. The van der Waals surface area contributed by atoms with Crippen molar-refractivity contribution < 1.29 is 19.7 Å². The Bertz CT molecular complexity index is 2470. The van der Waals surface area contributed by atoms with Gasteiger partial charge in [0.1, 0.15) is 0 Å². The molecular formula is C58H64O4. The minimum absolute atomic E-state index is 0.126. The van der Waals surface area contributed by atoms with E-state index in [4.69, 9.17) is 9.47 Å². The second-order valence-electron chi connectivity index (χ2n) is 22.4. The fourth-order valence-corrected chi connectivity index (χ4v) is 16.7. The third-order valence-corrected chi connectivity index (χ3v) is 19.7. The van der Waals surface area contributed by atoms with Crippen LogP contribution in [0.1, 0.15) is 140 Å². The van der Waals surface area contributed by atoms with Crippen LogP contribution >= 0.6 is 0 Å². The molecule has 4 heteroatoms. The van der Waals surface area contributed by atoms with Crippen molar-refractivity contribution in [2.24, 2.45) is 22.7 Å². The molecule has 14 rings (SSSR count). The number of rotatable bonds is 2. The van der Waals surface area contributed by atoms with Crippen LogP contribution in [0.15, 0.2) is 132 Å². The first-order valence-corrected chi connectivity index (χ1v) is 24.6. The molecule has 4 heterocycles. The number of allylic oxidation sites excluding steroid dienone is 2. The summed E-state index contributed by atoms with van der Waals surface area (Å²) in [6.07, 6.45) is 26.7. The molecule has 4 spiro atoms. The second-order valence-corrected chi connectivity index (χ2v) is 22.4. The highest BCUT2D eigenvalue weighted by atomic mass is 16.5. The highest BCUT2D eigenvalue weighted by Crippen LogP contribution is 2.71. The monoisotopic (exact) mass is 824 g/mol. The Hall–Kier alpha value is -3.80. The third-order valence-electron chi connectivity index (χ3n) is 19.7. The number of aliphatic hydroxyl groups excluding tert-OH is 2. The van der Waals surface area contributed by atoms with Crippen LogP contribution < -0.4 is 0 Å². The minimum atomic E-state index is -0.207. The van der Waals surface area contributed by atoms with Gasteiger partial charge in [-0.3, -0.25) is 0 Å². The first kappa shape index (κ1) is 38.6. The van der Waals surface area contributed by atoms with Crippen LogP contribution in [-0.2, 0) is 9.47 Å². The normalized spacial score (nSPS) is 43.1. The number of ether oxygens (including phenoxy) is 2. The van der Waals surface area contributed by atoms with Crippen molar-refractivity contribution in [2.75, 3.05) is 0 Å². The maximum atomic E-state index is 10.5. The van der Waals surface area contributed by atoms with E-state index in [1.807, 2.05) is 0 Å². The van der Waals surface area contributed by atoms with Gasteiger partial charge >= 0.3 is 0 Å². The summed E-state index contributed by atoms with van der Waals surface area (Å²) in [5.41, 5.74) is 8.71. The molecule has 4 nitrogen and oxygen atoms in total. The molecule has 2 N–H and O–H groups in total. The summed E-state index contributed by atoms with van der Waals surface area (Å²) in [4.78, 5) is 0. The average molecular weight is 825 g/mol. The smallest absolute Gasteiger partial charge is 0.0974 e. The molecule has 2 unspecified atom stereocenters. The van der Waals surface area contributed by atoms with Crippen LogP contribution in [0, 0.1) is 22.7 Å². The SMILES string of the molecule is C[C@]12CC=C3C=C4CC[C@@H](O)CC45CC[C@]3(O5)[C@@H]1CC[C@@H]2c1ccc2ccccc2c1.C[C@]12CC=C3C=C4CC[C@H](O)CC45CC[C@]3(O5)[C@@H]1CC[C@@H]2c1ccc2ccccc2c1. The van der Waals surface area contributed by atoms with E-state index in [-0.39, 0.29) is 45.4 Å². The molecule has 0 amide bonds. The maximum absolute atomic E-state index is 10.5. The minimum Gasteiger partial charge on any atom is -0.393 e. The van der Waals surface area contributed by atoms with Crippen molar-refractivity contribution in [1.82, 2.24) is 0 Å². The first-order valence-electron chi connectivity index (χ1n) is 24.6. The molecular weight excluding hydrogens is 761 g/mol. The lowest BCUT2D eigenvalue weighted by molar-refractivity contribution is -0.144. The number of hydrogen-bond acceptors (Lipinski definition) is 4. The van der Waals surface area contributed by atoms with Crippen molar-refractivity contribution in [3.8, 4) is 0 Å². The lowest BCUT2D eigenvalue weighted by Crippen LogP contribution is -2.54. The van der Waals surface area contributed by atoms with E-state index in [9.17, 15) is 10.2 Å². The van der Waals surface area contributed by atoms with Crippen molar-refractivity contribution in [3.05, 3.63) is 143 Å². The van der Waals surface area contributed by atoms with Gasteiger partial charge in [-0.25, -0.2) is 0 Å². The summed E-state index contributed by atoms with van der Waals surface area (Å²) in [5, 5.41) is 26.3. The maximum Gasteiger partial charge on any atom is 0.0974 e.